The van der Waals surface area contributed by atoms with Crippen LogP contribution in [0.3, 0.4) is 0 Å². The molecule has 0 unspecified atom stereocenters. The molecule has 0 fully saturated rings. The van der Waals surface area contributed by atoms with Gasteiger partial charge in [-0.25, -0.2) is 5.43 Å². The summed E-state index contributed by atoms with van der Waals surface area (Å²) in [7, 11) is 0. The number of carbonyl (C=O) groups is 1. The molecule has 1 amide bonds. The van der Waals surface area contributed by atoms with E-state index in [1.165, 1.54) is 24.3 Å². The average molecular weight is 486 g/mol. The lowest BCUT2D eigenvalue weighted by Crippen LogP contribution is -2.20. The Morgan fingerprint density at radius 1 is 0.703 bits per heavy atom. The monoisotopic (exact) mass is 485 g/mol. The molecule has 0 saturated carbocycles. The summed E-state index contributed by atoms with van der Waals surface area (Å²) in [5.74, 6) is -0.522. The summed E-state index contributed by atoms with van der Waals surface area (Å²) in [5.41, 5.74) is 10.2. The molecule has 0 aliphatic heterocycles. The van der Waals surface area contributed by atoms with E-state index in [4.69, 9.17) is 0 Å². The van der Waals surface area contributed by atoms with Crippen molar-refractivity contribution >= 4 is 34.0 Å². The number of allylic oxidation sites excluding steroid dienone is 4. The number of non-ortho nitro benzene ring substituents is 1. The molecular weight excluding hydrogens is 462 g/mol. The number of nitrogens with one attached hydrogen (secondary N) is 1. The Morgan fingerprint density at radius 2 is 1.22 bits per heavy atom. The van der Waals surface area contributed by atoms with Gasteiger partial charge in [0.05, 0.1) is 10.6 Å². The summed E-state index contributed by atoms with van der Waals surface area (Å²) in [6, 6.07) is 35.8. The van der Waals surface area contributed by atoms with Gasteiger partial charge in [0.1, 0.15) is 0 Å². The molecule has 0 spiro atoms. The molecule has 6 heteroatoms. The molecule has 0 radical (unpaired) electrons. The predicted octanol–water partition coefficient (Wildman–Crippen LogP) is 6.78. The van der Waals surface area contributed by atoms with Gasteiger partial charge in [-0.1, -0.05) is 97.1 Å². The van der Waals surface area contributed by atoms with Gasteiger partial charge in [0.2, 0.25) is 0 Å². The van der Waals surface area contributed by atoms with Gasteiger partial charge >= 0.3 is 0 Å². The molecule has 6 nitrogen and oxygen atoms in total. The van der Waals surface area contributed by atoms with E-state index >= 15 is 0 Å². The number of nitro benzene ring substituents is 1. The zero-order chi connectivity index (χ0) is 25.8. The fraction of sp³-hybridized carbons (Fsp3) is 0.0323. The first-order valence-electron chi connectivity index (χ1n) is 11.8. The predicted molar refractivity (Wildman–Crippen MR) is 147 cm³/mol. The molecule has 1 aliphatic carbocycles. The Bertz CT molecular complexity index is 1570. The fourth-order valence-corrected chi connectivity index (χ4v) is 4.55. The minimum Gasteiger partial charge on any atom is -0.267 e. The summed E-state index contributed by atoms with van der Waals surface area (Å²) >= 11 is 0. The highest BCUT2D eigenvalue weighted by atomic mass is 16.6. The lowest BCUT2D eigenvalue weighted by molar-refractivity contribution is -0.384. The Morgan fingerprint density at radius 3 is 1.76 bits per heavy atom. The zero-order valence-corrected chi connectivity index (χ0v) is 20.1. The van der Waals surface area contributed by atoms with Gasteiger partial charge < -0.3 is 0 Å². The maximum Gasteiger partial charge on any atom is 0.271 e. The highest BCUT2D eigenvalue weighted by Gasteiger charge is 2.31. The molecule has 4 aromatic carbocycles. The molecule has 37 heavy (non-hydrogen) atoms. The summed E-state index contributed by atoms with van der Waals surface area (Å²) in [4.78, 5) is 23.6. The lowest BCUT2D eigenvalue weighted by Gasteiger charge is -2.13. The van der Waals surface area contributed by atoms with Crippen molar-refractivity contribution in [3.63, 3.8) is 0 Å². The molecule has 1 N–H and O–H groups in total. The van der Waals surface area contributed by atoms with Crippen molar-refractivity contribution in [2.45, 2.75) is 6.92 Å². The third-order valence-electron chi connectivity index (χ3n) is 6.24. The van der Waals surface area contributed by atoms with Gasteiger partial charge in [-0.3, -0.25) is 14.9 Å². The highest BCUT2D eigenvalue weighted by molar-refractivity contribution is 6.49. The molecule has 180 valence electrons. The Kier molecular flexibility index (Phi) is 6.55. The van der Waals surface area contributed by atoms with E-state index in [1.807, 2.05) is 73.7 Å². The van der Waals surface area contributed by atoms with Crippen molar-refractivity contribution in [3.8, 4) is 0 Å². The van der Waals surface area contributed by atoms with Crippen LogP contribution in [0.2, 0.25) is 0 Å². The molecule has 4 aromatic rings. The Balaban J connectivity index is 1.68. The minimum absolute atomic E-state index is 0.153. The van der Waals surface area contributed by atoms with Crippen molar-refractivity contribution in [2.75, 3.05) is 0 Å². The number of hydrazone groups is 1. The van der Waals surface area contributed by atoms with E-state index in [0.717, 1.165) is 39.0 Å². The first-order valence-corrected chi connectivity index (χ1v) is 11.8. The van der Waals surface area contributed by atoms with Gasteiger partial charge in [0.25, 0.3) is 11.6 Å². The second-order valence-corrected chi connectivity index (χ2v) is 8.56. The van der Waals surface area contributed by atoms with Crippen LogP contribution in [-0.4, -0.2) is 16.5 Å². The third-order valence-corrected chi connectivity index (χ3v) is 6.24. The first kappa shape index (κ1) is 23.6. The van der Waals surface area contributed by atoms with Gasteiger partial charge in [0, 0.05) is 23.3 Å². The van der Waals surface area contributed by atoms with Crippen LogP contribution in [0.5, 0.6) is 0 Å². The van der Waals surface area contributed by atoms with Crippen LogP contribution >= 0.6 is 0 Å². The van der Waals surface area contributed by atoms with Crippen LogP contribution in [0, 0.1) is 10.1 Å². The Labute approximate surface area is 214 Å². The molecule has 0 atom stereocenters. The largest absolute Gasteiger partial charge is 0.271 e. The van der Waals surface area contributed by atoms with E-state index in [-0.39, 0.29) is 11.3 Å². The topological polar surface area (TPSA) is 84.6 Å². The summed E-state index contributed by atoms with van der Waals surface area (Å²) in [6.45, 7) is 2.00. The molecule has 0 saturated heterocycles. The molecule has 0 bridgehead atoms. The van der Waals surface area contributed by atoms with Gasteiger partial charge in [-0.15, -0.1) is 0 Å². The van der Waals surface area contributed by atoms with E-state index in [1.54, 1.807) is 0 Å². The normalized spacial score (nSPS) is 14.2. The van der Waals surface area contributed by atoms with Crippen molar-refractivity contribution in [3.05, 3.63) is 153 Å². The maximum atomic E-state index is 13.0. The number of nitrogens with zero attached hydrogens (tertiary/aromatic N) is 2. The van der Waals surface area contributed by atoms with Gasteiger partial charge in [-0.2, -0.15) is 5.10 Å². The summed E-state index contributed by atoms with van der Waals surface area (Å²) in [5, 5.41) is 15.8. The van der Waals surface area contributed by atoms with Gasteiger partial charge in [0.15, 0.2) is 0 Å². The van der Waals surface area contributed by atoms with Crippen molar-refractivity contribution < 1.29 is 9.72 Å². The fourth-order valence-electron chi connectivity index (χ4n) is 4.55. The van der Waals surface area contributed by atoms with Crippen molar-refractivity contribution in [1.29, 1.82) is 0 Å². The quantitative estimate of drug-likeness (QED) is 0.241. The number of rotatable bonds is 6. The third kappa shape index (κ3) is 4.73. The van der Waals surface area contributed by atoms with E-state index < -0.39 is 10.8 Å². The maximum absolute atomic E-state index is 13.0. The van der Waals surface area contributed by atoms with Crippen LogP contribution in [0.15, 0.2) is 126 Å². The van der Waals surface area contributed by atoms with Crippen LogP contribution in [0.25, 0.3) is 16.7 Å². The number of nitro groups is 1. The van der Waals surface area contributed by atoms with E-state index in [9.17, 15) is 14.9 Å². The SMILES string of the molecule is CC1=C(c2ccccc2)C(c2ccccc2)=C(c2ccccc2)/C1=N/NC(=O)c1cccc([N+](=O)[O-])c1. The number of hydrogen-bond acceptors (Lipinski definition) is 4. The van der Waals surface area contributed by atoms with Gasteiger partial charge in [-0.05, 0) is 46.4 Å². The second kappa shape index (κ2) is 10.3. The van der Waals surface area contributed by atoms with Crippen LogP contribution in [0.4, 0.5) is 5.69 Å². The molecule has 0 aromatic heterocycles. The number of benzene rings is 4. The lowest BCUT2D eigenvalue weighted by atomic mass is 9.90. The minimum atomic E-state index is -0.527. The Hall–Kier alpha value is -5.10. The van der Waals surface area contributed by atoms with E-state index in [0.29, 0.717) is 5.71 Å². The number of carbonyl (C=O) groups excluding carboxylic acids is 1. The zero-order valence-electron chi connectivity index (χ0n) is 20.1. The van der Waals surface area contributed by atoms with Crippen molar-refractivity contribution in [1.82, 2.24) is 5.43 Å². The van der Waals surface area contributed by atoms with Crippen LogP contribution in [0.1, 0.15) is 34.0 Å². The van der Waals surface area contributed by atoms with Crippen molar-refractivity contribution in [2.24, 2.45) is 5.10 Å². The van der Waals surface area contributed by atoms with E-state index in [2.05, 4.69) is 34.8 Å². The summed E-state index contributed by atoms with van der Waals surface area (Å²) < 4.78 is 0. The molecule has 1 aliphatic rings. The number of amides is 1. The molecule has 0 heterocycles. The second-order valence-electron chi connectivity index (χ2n) is 8.56. The van der Waals surface area contributed by atoms with Crippen LogP contribution in [-0.2, 0) is 0 Å². The highest BCUT2D eigenvalue weighted by Crippen LogP contribution is 2.46. The molecular formula is C31H23N3O3. The average Bonchev–Trinajstić information content (AvgIpc) is 3.25. The van der Waals surface area contributed by atoms with Crippen LogP contribution < -0.4 is 5.43 Å². The first-order chi connectivity index (χ1) is 18.0. The standard InChI is InChI=1S/C31H23N3O3/c1-21-27(22-12-5-2-6-13-22)28(23-14-7-3-8-15-23)29(24-16-9-4-10-17-24)30(21)32-33-31(35)25-18-11-19-26(20-25)34(36)37/h2-20H,1H3,(H,33,35)/b32-30+. The summed E-state index contributed by atoms with van der Waals surface area (Å²) in [6.07, 6.45) is 0. The number of hydrogen-bond donors (Lipinski definition) is 1. The molecule has 5 rings (SSSR count). The smallest absolute Gasteiger partial charge is 0.267 e.